The third-order valence-corrected chi connectivity index (χ3v) is 23.9. The molecule has 4 heterocycles. The van der Waals surface area contributed by atoms with Gasteiger partial charge >= 0.3 is 0 Å². The van der Waals surface area contributed by atoms with Crippen molar-refractivity contribution in [2.24, 2.45) is 34.8 Å². The smallest absolute Gasteiger partial charge is 0.245 e. The number of hydrogen-bond acceptors (Lipinski definition) is 21. The molecule has 0 aromatic heterocycles. The fourth-order valence-corrected chi connectivity index (χ4v) is 17.1. The number of piperidine rings is 1. The highest BCUT2D eigenvalue weighted by Crippen LogP contribution is 2.34. The van der Waals surface area contributed by atoms with Gasteiger partial charge in [-0.1, -0.05) is 58.4 Å². The second-order valence-corrected chi connectivity index (χ2v) is 34.6. The van der Waals surface area contributed by atoms with E-state index in [9.17, 15) is 68.4 Å². The molecule has 2 aliphatic carbocycles. The molecule has 4 bridgehead atoms. The Morgan fingerprint density at radius 1 is 0.555 bits per heavy atom. The Labute approximate surface area is 654 Å². The number of fused-ring (bicyclic) bond motifs is 12. The van der Waals surface area contributed by atoms with Gasteiger partial charge in [0.2, 0.25) is 76.8 Å². The molecule has 32 nitrogen and oxygen atoms in total. The van der Waals surface area contributed by atoms with Crippen LogP contribution < -0.4 is 80.2 Å². The van der Waals surface area contributed by atoms with Crippen molar-refractivity contribution in [1.29, 1.82) is 0 Å². The van der Waals surface area contributed by atoms with Gasteiger partial charge in [0, 0.05) is 42.4 Å². The molecule has 0 spiro atoms. The summed E-state index contributed by atoms with van der Waals surface area (Å²) in [6, 6.07) is -6.92. The lowest BCUT2D eigenvalue weighted by Gasteiger charge is -2.34. The number of nitrogens with two attached hydrogens (primary N) is 1. The fourth-order valence-electron chi connectivity index (χ4n) is 15.2. The highest BCUT2D eigenvalue weighted by atomic mass is 32.2. The van der Waals surface area contributed by atoms with Crippen LogP contribution in [0.4, 0.5) is 0 Å². The number of benzene rings is 1. The highest BCUT2D eigenvalue weighted by molar-refractivity contribution is 7.98. The van der Waals surface area contributed by atoms with Crippen molar-refractivity contribution in [3.05, 3.63) is 35.4 Å². The Morgan fingerprint density at radius 3 is 1.70 bits per heavy atom. The summed E-state index contributed by atoms with van der Waals surface area (Å²) in [4.78, 5) is 189. The van der Waals surface area contributed by atoms with Crippen LogP contribution in [0.2, 0.25) is 0 Å². The van der Waals surface area contributed by atoms with Gasteiger partial charge in [-0.25, -0.2) is 0 Å². The van der Waals surface area contributed by atoms with Gasteiger partial charge in [0.05, 0.1) is 30.6 Å². The number of thioether (sulfide) groups is 2. The van der Waals surface area contributed by atoms with Gasteiger partial charge in [-0.2, -0.15) is 23.5 Å². The molecular formula is C76H123N15O17S2. The minimum atomic E-state index is -1.89. The second-order valence-electron chi connectivity index (χ2n) is 32.5. The summed E-state index contributed by atoms with van der Waals surface area (Å²) in [7, 11) is 0. The molecule has 1 aromatic carbocycles. The summed E-state index contributed by atoms with van der Waals surface area (Å²) >= 11 is 2.74. The maximum atomic E-state index is 15.1. The Bertz CT molecular complexity index is 3330. The van der Waals surface area contributed by atoms with E-state index >= 15 is 14.4 Å². The van der Waals surface area contributed by atoms with Crippen molar-refractivity contribution >= 4 is 100 Å². The minimum Gasteiger partial charge on any atom is -0.393 e. The van der Waals surface area contributed by atoms with E-state index in [2.05, 4.69) is 74.4 Å². The van der Waals surface area contributed by atoms with Crippen molar-refractivity contribution in [3.8, 4) is 0 Å². The van der Waals surface area contributed by atoms with Crippen LogP contribution in [0.5, 0.6) is 0 Å². The van der Waals surface area contributed by atoms with Crippen molar-refractivity contribution in [1.82, 2.24) is 74.4 Å². The molecule has 15 atom stereocenters. The lowest BCUT2D eigenvalue weighted by Crippen LogP contribution is -2.64. The van der Waals surface area contributed by atoms with Gasteiger partial charge in [-0.05, 0) is 197 Å². The molecule has 4 aliphatic heterocycles. The summed E-state index contributed by atoms with van der Waals surface area (Å²) in [6.07, 6.45) is 0.482. The zero-order chi connectivity index (χ0) is 80.6. The highest BCUT2D eigenvalue weighted by Gasteiger charge is 2.45. The number of amides is 13. The summed E-state index contributed by atoms with van der Waals surface area (Å²) < 4.78 is 0. The molecule has 13 amide bonds. The summed E-state index contributed by atoms with van der Waals surface area (Å²) in [5.41, 5.74) is 4.78. The molecule has 110 heavy (non-hydrogen) atoms. The molecule has 6 aliphatic rings. The Kier molecular flexibility index (Phi) is 35.3. The number of carbonyl (C=O) groups is 13. The molecule has 0 radical (unpaired) electrons. The Balaban J connectivity index is 1.27. The molecular weight excluding hydrogens is 1460 g/mol. The maximum Gasteiger partial charge on any atom is 0.245 e. The van der Waals surface area contributed by atoms with Crippen LogP contribution in [-0.2, 0) is 73.8 Å². The Morgan fingerprint density at radius 2 is 1.09 bits per heavy atom. The van der Waals surface area contributed by atoms with E-state index in [0.29, 0.717) is 81.6 Å². The lowest BCUT2D eigenvalue weighted by molar-refractivity contribution is -0.139. The summed E-state index contributed by atoms with van der Waals surface area (Å²) in [5.74, 6) is -10.2. The summed E-state index contributed by atoms with van der Waals surface area (Å²) in [6.45, 7) is 13.4. The van der Waals surface area contributed by atoms with Crippen LogP contribution in [0, 0.1) is 29.1 Å². The first-order chi connectivity index (χ1) is 52.1. The molecule has 3 unspecified atom stereocenters. The average Bonchev–Trinajstić information content (AvgIpc) is 1.41. The third kappa shape index (κ3) is 28.2. The topological polar surface area (TPSA) is 497 Å². The number of aliphatic hydroxyl groups excluding tert-OH is 4. The van der Waals surface area contributed by atoms with E-state index in [1.54, 1.807) is 27.7 Å². The van der Waals surface area contributed by atoms with E-state index in [0.717, 1.165) is 30.5 Å². The molecule has 2 saturated carbocycles. The predicted octanol–water partition coefficient (Wildman–Crippen LogP) is -0.710. The second kappa shape index (κ2) is 43.2. The van der Waals surface area contributed by atoms with Crippen molar-refractivity contribution in [2.75, 3.05) is 31.1 Å². The number of hydrogen-bond donors (Lipinski definition) is 19. The monoisotopic (exact) mass is 1580 g/mol. The van der Waals surface area contributed by atoms with Crippen molar-refractivity contribution in [2.45, 2.75) is 298 Å². The summed E-state index contributed by atoms with van der Waals surface area (Å²) in [5, 5.41) is 83.3. The quantitative estimate of drug-likeness (QED) is 0.130. The first-order valence-electron chi connectivity index (χ1n) is 39.4. The van der Waals surface area contributed by atoms with Crippen molar-refractivity contribution < 1.29 is 82.8 Å². The zero-order valence-corrected chi connectivity index (χ0v) is 66.7. The number of carbonyl (C=O) groups excluding carboxylic acids is 13. The normalized spacial score (nSPS) is 32.5. The Hall–Kier alpha value is -7.21. The van der Waals surface area contributed by atoms with Crippen LogP contribution in [0.1, 0.15) is 201 Å². The zero-order valence-electron chi connectivity index (χ0n) is 65.1. The minimum absolute atomic E-state index is 0.00432. The standard InChI is InChI=1S/C76H123N15O17S2/c1-9-14-51-65(99)83-53-27-28-58(96)78-30-11-10-18-52(67(101)89-60(41(2)92)71(105)85-56(69(103)81-51)36-47-37-80-64-50(47)17-13-31-79-64)82-68(102)54(34-43-19-23-48(94)24-20-43)86-73(107)62(75(4,5)6)88-59(97)29-32-109-38-45-15-12-16-46(33-45)39-110-40-57(63(77)98)87-72(106)61(42(3)93)90-74(108)76(7,8)91-70(104)55(84-66(53)100)35-44-21-25-49(95)26-22-44/h12,15-16,33,41-44,47-57,60-62,64,79-80,92-95H,9-11,13-14,17-32,34-40H2,1-8H3,(H2,77,98)(H,78,96)(H,81,103)(H,82,102)(H,83,99)(H,84,100)(H,85,105)(H,86,107)(H,87,106)(H,88,97)(H,89,101)(H,90,108)(H,91,104)/t41-,42-,43?,44?,47?,48?,49?,50?,51+,52+,53+,54+,55+,56+,57+,60+,61+,62-,64?/m1/s1. The van der Waals surface area contributed by atoms with E-state index < -0.39 is 179 Å². The van der Waals surface area contributed by atoms with Gasteiger partial charge in [0.25, 0.3) is 0 Å². The maximum absolute atomic E-state index is 15.1. The van der Waals surface area contributed by atoms with E-state index in [1.165, 1.54) is 51.2 Å². The fraction of sp³-hybridized carbons (Fsp3) is 0.750. The largest absolute Gasteiger partial charge is 0.393 e. The number of nitrogens with one attached hydrogen (secondary N) is 14. The van der Waals surface area contributed by atoms with E-state index in [4.69, 9.17) is 5.73 Å². The average molecular weight is 1580 g/mol. The third-order valence-electron chi connectivity index (χ3n) is 21.8. The van der Waals surface area contributed by atoms with Gasteiger partial charge in [-0.3, -0.25) is 62.3 Å². The molecule has 616 valence electrons. The van der Waals surface area contributed by atoms with Crippen LogP contribution in [0.15, 0.2) is 24.3 Å². The molecule has 3 saturated heterocycles. The van der Waals surface area contributed by atoms with Gasteiger partial charge in [-0.15, -0.1) is 0 Å². The predicted molar refractivity (Wildman–Crippen MR) is 414 cm³/mol. The molecule has 5 fully saturated rings. The van der Waals surface area contributed by atoms with E-state index in [-0.39, 0.29) is 99.9 Å². The first kappa shape index (κ1) is 90.0. The molecule has 1 aromatic rings. The van der Waals surface area contributed by atoms with Crippen LogP contribution >= 0.6 is 23.5 Å². The van der Waals surface area contributed by atoms with Crippen LogP contribution in [0.3, 0.4) is 0 Å². The van der Waals surface area contributed by atoms with Crippen LogP contribution in [-0.4, -0.2) is 225 Å². The molecule has 7 rings (SSSR count). The lowest BCUT2D eigenvalue weighted by atomic mass is 9.82. The van der Waals surface area contributed by atoms with Gasteiger partial charge in [0.15, 0.2) is 0 Å². The van der Waals surface area contributed by atoms with Gasteiger partial charge in [0.1, 0.15) is 66.0 Å². The molecule has 20 N–H and O–H groups in total. The van der Waals surface area contributed by atoms with E-state index in [1.807, 2.05) is 24.3 Å². The first-order valence-corrected chi connectivity index (χ1v) is 41.7. The SMILES string of the molecule is CCC[C@@H]1NC(=O)[C@H](CC2CNC3NCCCC23)NC(=O)[C@H]([C@@H](C)O)NC(=O)[C@@H]2CCCCNC(=O)CC[C@H](NC1=O)C(=O)N[C@@H](CC1CCC(O)CC1)C(=O)NC(C)(C)C(=O)N[C@@H]([C@@H](C)O)C(=O)N[C@H](C(N)=O)CSCc1cccc(c1)CSCCC(=O)N[C@@H](C(C)(C)C)C(=O)N[C@@H](CC1CCC(O)CC1)C(=O)N2. The van der Waals surface area contributed by atoms with Crippen molar-refractivity contribution in [3.63, 3.8) is 0 Å². The van der Waals surface area contributed by atoms with Gasteiger partial charge < -0.3 is 101 Å². The van der Waals surface area contributed by atoms with Crippen LogP contribution in [0.25, 0.3) is 0 Å². The molecule has 34 heteroatoms. The number of aliphatic hydroxyl groups is 4. The number of rotatable bonds is 11. The number of primary amides is 1.